The van der Waals surface area contributed by atoms with Gasteiger partial charge < -0.3 is 0 Å². The number of hydrogen-bond donors (Lipinski definition) is 0. The zero-order valence-corrected chi connectivity index (χ0v) is 29.9. The van der Waals surface area contributed by atoms with E-state index in [1.807, 2.05) is 0 Å². The molecular weight excluding hydrogens is 506 g/mol. The minimum atomic E-state index is 0.217. The molecule has 0 spiro atoms. The van der Waals surface area contributed by atoms with Gasteiger partial charge in [-0.15, -0.1) is 0 Å². The summed E-state index contributed by atoms with van der Waals surface area (Å²) < 4.78 is 0. The Labute approximate surface area is 266 Å². The fourth-order valence-electron chi connectivity index (χ4n) is 7.08. The third-order valence-electron chi connectivity index (χ3n) is 9.93. The Morgan fingerprint density at radius 3 is 1.00 bits per heavy atom. The van der Waals surface area contributed by atoms with Crippen LogP contribution in [0.15, 0.2) is 30.3 Å². The van der Waals surface area contributed by atoms with Gasteiger partial charge in [0.15, 0.2) is 0 Å². The maximum absolute atomic E-state index is 2.87. The maximum atomic E-state index is 2.87. The zero-order valence-electron chi connectivity index (χ0n) is 29.9. The summed E-state index contributed by atoms with van der Waals surface area (Å²) in [7, 11) is 0. The van der Waals surface area contributed by atoms with E-state index in [1.165, 1.54) is 173 Å². The second-order valence-electron chi connectivity index (χ2n) is 15.0. The normalized spacial score (nSPS) is 12.5. The molecule has 0 amide bonds. The Kier molecular flexibility index (Phi) is 23.8. The van der Waals surface area contributed by atoms with Crippen LogP contribution in [0.3, 0.4) is 0 Å². The van der Waals surface area contributed by atoms with Gasteiger partial charge in [-0.25, -0.2) is 0 Å². The second kappa shape index (κ2) is 25.5. The minimum Gasteiger partial charge on any atom is -0.289 e. The highest BCUT2D eigenvalue weighted by molar-refractivity contribution is 5.15. The third kappa shape index (κ3) is 20.2. The van der Waals surface area contributed by atoms with Crippen molar-refractivity contribution < 1.29 is 0 Å². The highest BCUT2D eigenvalue weighted by Gasteiger charge is 2.36. The first-order chi connectivity index (χ1) is 20.3. The van der Waals surface area contributed by atoms with Gasteiger partial charge >= 0.3 is 0 Å². The summed E-state index contributed by atoms with van der Waals surface area (Å²) in [4.78, 5) is 2.87. The smallest absolute Gasteiger partial charge is 0.0244 e. The first kappa shape index (κ1) is 39.2. The predicted octanol–water partition coefficient (Wildman–Crippen LogP) is 14.2. The van der Waals surface area contributed by atoms with Gasteiger partial charge in [-0.05, 0) is 46.1 Å². The van der Waals surface area contributed by atoms with Crippen molar-refractivity contribution in [1.29, 1.82) is 0 Å². The molecule has 0 aliphatic rings. The van der Waals surface area contributed by atoms with E-state index in [4.69, 9.17) is 0 Å². The van der Waals surface area contributed by atoms with Crippen molar-refractivity contribution in [2.24, 2.45) is 0 Å². The van der Waals surface area contributed by atoms with Crippen LogP contribution in [-0.4, -0.2) is 16.0 Å². The molecule has 42 heavy (non-hydrogen) atoms. The lowest BCUT2D eigenvalue weighted by molar-refractivity contribution is -0.00509. The van der Waals surface area contributed by atoms with Gasteiger partial charge in [-0.2, -0.15) is 0 Å². The molecular formula is C41H77N. The Morgan fingerprint density at radius 1 is 0.405 bits per heavy atom. The predicted molar refractivity (Wildman–Crippen MR) is 192 cm³/mol. The highest BCUT2D eigenvalue weighted by Crippen LogP contribution is 2.35. The summed E-state index contributed by atoms with van der Waals surface area (Å²) in [6.45, 7) is 15.8. The van der Waals surface area contributed by atoms with Crippen LogP contribution in [0, 0.1) is 0 Å². The quantitative estimate of drug-likeness (QED) is 0.0814. The molecule has 0 atom stereocenters. The molecule has 1 aromatic carbocycles. The van der Waals surface area contributed by atoms with Gasteiger partial charge in [0, 0.05) is 17.6 Å². The molecule has 0 radical (unpaired) electrons. The van der Waals surface area contributed by atoms with Crippen molar-refractivity contribution in [3.63, 3.8) is 0 Å². The Balaban J connectivity index is 2.39. The van der Waals surface area contributed by atoms with Crippen LogP contribution in [0.1, 0.15) is 214 Å². The Bertz CT molecular complexity index is 650. The van der Waals surface area contributed by atoms with E-state index in [1.54, 1.807) is 0 Å². The van der Waals surface area contributed by atoms with Gasteiger partial charge in [-0.1, -0.05) is 198 Å². The van der Waals surface area contributed by atoms with E-state index < -0.39 is 0 Å². The molecule has 1 nitrogen and oxygen atoms in total. The summed E-state index contributed by atoms with van der Waals surface area (Å²) in [5, 5.41) is 0. The number of rotatable bonds is 30. The Morgan fingerprint density at radius 2 is 0.690 bits per heavy atom. The van der Waals surface area contributed by atoms with Crippen LogP contribution in [0.2, 0.25) is 0 Å². The fraction of sp³-hybridized carbons (Fsp3) is 0.854. The van der Waals surface area contributed by atoms with Crippen LogP contribution in [0.5, 0.6) is 0 Å². The van der Waals surface area contributed by atoms with E-state index in [2.05, 4.69) is 76.8 Å². The number of unbranched alkanes of at least 4 members (excludes halogenated alkanes) is 22. The number of hydrogen-bond acceptors (Lipinski definition) is 1. The first-order valence-corrected chi connectivity index (χ1v) is 19.1. The summed E-state index contributed by atoms with van der Waals surface area (Å²) >= 11 is 0. The lowest BCUT2D eigenvalue weighted by Crippen LogP contribution is -2.55. The maximum Gasteiger partial charge on any atom is 0.0244 e. The van der Waals surface area contributed by atoms with Crippen LogP contribution >= 0.6 is 0 Å². The van der Waals surface area contributed by atoms with E-state index in [0.29, 0.717) is 0 Å². The topological polar surface area (TPSA) is 3.24 Å². The Hall–Kier alpha value is -0.820. The second-order valence-corrected chi connectivity index (χ2v) is 15.0. The van der Waals surface area contributed by atoms with Crippen molar-refractivity contribution in [2.45, 2.75) is 226 Å². The highest BCUT2D eigenvalue weighted by atomic mass is 15.2. The molecule has 0 saturated heterocycles. The van der Waals surface area contributed by atoms with Crippen molar-refractivity contribution in [3.05, 3.63) is 35.9 Å². The molecule has 246 valence electrons. The number of benzene rings is 1. The molecule has 0 aliphatic carbocycles. The van der Waals surface area contributed by atoms with Gasteiger partial charge in [0.05, 0.1) is 0 Å². The minimum absolute atomic E-state index is 0.217. The molecule has 0 aromatic heterocycles. The van der Waals surface area contributed by atoms with E-state index in [0.717, 1.165) is 6.54 Å². The van der Waals surface area contributed by atoms with Crippen LogP contribution < -0.4 is 0 Å². The lowest BCUT2D eigenvalue weighted by Gasteiger charge is -2.49. The number of nitrogens with zero attached hydrogens (tertiary/aromatic N) is 1. The molecule has 1 aromatic rings. The largest absolute Gasteiger partial charge is 0.289 e. The van der Waals surface area contributed by atoms with Crippen molar-refractivity contribution in [2.75, 3.05) is 0 Å². The average Bonchev–Trinajstić information content (AvgIpc) is 2.97. The van der Waals surface area contributed by atoms with Crippen molar-refractivity contribution in [1.82, 2.24) is 4.90 Å². The van der Waals surface area contributed by atoms with Gasteiger partial charge in [0.2, 0.25) is 0 Å². The molecule has 0 aliphatic heterocycles. The zero-order chi connectivity index (χ0) is 30.8. The van der Waals surface area contributed by atoms with Gasteiger partial charge in [0.1, 0.15) is 0 Å². The third-order valence-corrected chi connectivity index (χ3v) is 9.93. The van der Waals surface area contributed by atoms with Crippen molar-refractivity contribution in [3.8, 4) is 0 Å². The summed E-state index contributed by atoms with van der Waals surface area (Å²) in [6.07, 6.45) is 36.9. The summed E-state index contributed by atoms with van der Waals surface area (Å²) in [5.74, 6) is 0. The average molecular weight is 584 g/mol. The molecule has 1 heteroatoms. The molecule has 0 N–H and O–H groups in total. The van der Waals surface area contributed by atoms with E-state index >= 15 is 0 Å². The van der Waals surface area contributed by atoms with E-state index in [9.17, 15) is 0 Å². The molecule has 0 fully saturated rings. The van der Waals surface area contributed by atoms with Crippen LogP contribution in [0.25, 0.3) is 0 Å². The van der Waals surface area contributed by atoms with Crippen LogP contribution in [-0.2, 0) is 6.54 Å². The standard InChI is InChI=1S/C41H77N/c1-7-9-11-13-15-17-19-21-23-25-27-32-36-40(3,4)42(38-39-34-30-29-31-35-39)41(5,6)37-33-28-26-24-22-20-18-16-14-12-10-8-2/h29-31,34-35H,7-28,32-33,36-38H2,1-6H3. The van der Waals surface area contributed by atoms with Gasteiger partial charge in [-0.3, -0.25) is 4.90 Å². The summed E-state index contributed by atoms with van der Waals surface area (Å²) in [6, 6.07) is 11.2. The molecule has 1 rings (SSSR count). The first-order valence-electron chi connectivity index (χ1n) is 19.1. The fourth-order valence-corrected chi connectivity index (χ4v) is 7.08. The molecule has 0 bridgehead atoms. The van der Waals surface area contributed by atoms with E-state index in [-0.39, 0.29) is 11.1 Å². The van der Waals surface area contributed by atoms with Crippen LogP contribution in [0.4, 0.5) is 0 Å². The molecule has 0 unspecified atom stereocenters. The summed E-state index contributed by atoms with van der Waals surface area (Å²) in [5.41, 5.74) is 1.90. The van der Waals surface area contributed by atoms with Gasteiger partial charge in [0.25, 0.3) is 0 Å². The van der Waals surface area contributed by atoms with Crippen molar-refractivity contribution >= 4 is 0 Å². The lowest BCUT2D eigenvalue weighted by atomic mass is 9.85. The SMILES string of the molecule is CCCCCCCCCCCCCCC(C)(C)N(Cc1ccccc1)C(C)(C)CCCCCCCCCCCCCC. The molecule has 0 heterocycles. The molecule has 0 saturated carbocycles. The monoisotopic (exact) mass is 584 g/mol.